The van der Waals surface area contributed by atoms with E-state index in [4.69, 9.17) is 0 Å². The molecule has 2 atom stereocenters. The monoisotopic (exact) mass is 292 g/mol. The van der Waals surface area contributed by atoms with Gasteiger partial charge in [0.25, 0.3) is 0 Å². The number of likely N-dealkylation sites (tertiary alicyclic amines) is 1. The zero-order chi connectivity index (χ0) is 15.2. The van der Waals surface area contributed by atoms with E-state index in [1.807, 2.05) is 4.90 Å². The molecule has 1 aliphatic rings. The molecular formula is C17H25FN2O. The SMILES string of the molecule is CCCNC1CCCN(C(C)Cc2ccc(F)cc2)C1=O. The number of hydrogen-bond donors (Lipinski definition) is 1. The zero-order valence-electron chi connectivity index (χ0n) is 12.9. The van der Waals surface area contributed by atoms with Gasteiger partial charge in [-0.2, -0.15) is 0 Å². The number of piperidine rings is 1. The Hall–Kier alpha value is -1.42. The van der Waals surface area contributed by atoms with E-state index in [1.165, 1.54) is 12.1 Å². The summed E-state index contributed by atoms with van der Waals surface area (Å²) in [4.78, 5) is 14.5. The van der Waals surface area contributed by atoms with Gasteiger partial charge >= 0.3 is 0 Å². The molecule has 0 saturated carbocycles. The van der Waals surface area contributed by atoms with Gasteiger partial charge in [0.2, 0.25) is 5.91 Å². The average molecular weight is 292 g/mol. The Kier molecular flexibility index (Phi) is 5.74. The van der Waals surface area contributed by atoms with Crippen molar-refractivity contribution in [2.75, 3.05) is 13.1 Å². The van der Waals surface area contributed by atoms with Crippen LogP contribution in [0.2, 0.25) is 0 Å². The Bertz CT molecular complexity index is 460. The second-order valence-corrected chi connectivity index (χ2v) is 5.86. The van der Waals surface area contributed by atoms with Crippen molar-refractivity contribution in [3.8, 4) is 0 Å². The Labute approximate surface area is 126 Å². The van der Waals surface area contributed by atoms with Gasteiger partial charge in [0.05, 0.1) is 6.04 Å². The fourth-order valence-electron chi connectivity index (χ4n) is 2.92. The van der Waals surface area contributed by atoms with Gasteiger partial charge < -0.3 is 10.2 Å². The number of carbonyl (C=O) groups is 1. The minimum atomic E-state index is -0.218. The number of halogens is 1. The average Bonchev–Trinajstić information content (AvgIpc) is 2.48. The molecule has 116 valence electrons. The van der Waals surface area contributed by atoms with Gasteiger partial charge in [0.15, 0.2) is 0 Å². The second-order valence-electron chi connectivity index (χ2n) is 5.86. The highest BCUT2D eigenvalue weighted by Gasteiger charge is 2.30. The van der Waals surface area contributed by atoms with Crippen molar-refractivity contribution in [2.24, 2.45) is 0 Å². The lowest BCUT2D eigenvalue weighted by atomic mass is 9.99. The molecule has 1 heterocycles. The van der Waals surface area contributed by atoms with Crippen LogP contribution in [0.25, 0.3) is 0 Å². The van der Waals surface area contributed by atoms with Crippen molar-refractivity contribution in [3.63, 3.8) is 0 Å². The van der Waals surface area contributed by atoms with Crippen LogP contribution in [0.15, 0.2) is 24.3 Å². The first-order valence-corrected chi connectivity index (χ1v) is 7.90. The van der Waals surface area contributed by atoms with Crippen molar-refractivity contribution in [3.05, 3.63) is 35.6 Å². The summed E-state index contributed by atoms with van der Waals surface area (Å²) < 4.78 is 12.9. The maximum atomic E-state index is 12.9. The highest BCUT2D eigenvalue weighted by molar-refractivity contribution is 5.82. The van der Waals surface area contributed by atoms with Gasteiger partial charge in [-0.3, -0.25) is 4.79 Å². The maximum Gasteiger partial charge on any atom is 0.239 e. The van der Waals surface area contributed by atoms with Crippen LogP contribution >= 0.6 is 0 Å². The van der Waals surface area contributed by atoms with Crippen molar-refractivity contribution < 1.29 is 9.18 Å². The van der Waals surface area contributed by atoms with Crippen molar-refractivity contribution in [1.29, 1.82) is 0 Å². The molecule has 21 heavy (non-hydrogen) atoms. The van der Waals surface area contributed by atoms with Gasteiger partial charge in [-0.15, -0.1) is 0 Å². The molecule has 1 amide bonds. The van der Waals surface area contributed by atoms with Gasteiger partial charge in [0.1, 0.15) is 5.82 Å². The first-order valence-electron chi connectivity index (χ1n) is 7.90. The topological polar surface area (TPSA) is 32.3 Å². The Morgan fingerprint density at radius 1 is 1.38 bits per heavy atom. The van der Waals surface area contributed by atoms with E-state index in [0.717, 1.165) is 44.3 Å². The van der Waals surface area contributed by atoms with Crippen molar-refractivity contribution in [2.45, 2.75) is 51.6 Å². The summed E-state index contributed by atoms with van der Waals surface area (Å²) in [5.41, 5.74) is 1.07. The van der Waals surface area contributed by atoms with Crippen LogP contribution < -0.4 is 5.32 Å². The third kappa shape index (κ3) is 4.27. The Morgan fingerprint density at radius 3 is 2.76 bits per heavy atom. The van der Waals surface area contributed by atoms with Crippen molar-refractivity contribution in [1.82, 2.24) is 10.2 Å². The third-order valence-electron chi connectivity index (χ3n) is 4.09. The lowest BCUT2D eigenvalue weighted by molar-refractivity contribution is -0.138. The quantitative estimate of drug-likeness (QED) is 0.874. The summed E-state index contributed by atoms with van der Waals surface area (Å²) >= 11 is 0. The molecule has 1 aromatic carbocycles. The molecule has 4 heteroatoms. The highest BCUT2D eigenvalue weighted by Crippen LogP contribution is 2.17. The number of nitrogens with one attached hydrogen (secondary N) is 1. The first kappa shape index (κ1) is 16.0. The van der Waals surface area contributed by atoms with Crippen LogP contribution in [0.4, 0.5) is 4.39 Å². The summed E-state index contributed by atoms with van der Waals surface area (Å²) in [7, 11) is 0. The van der Waals surface area contributed by atoms with E-state index < -0.39 is 0 Å². The predicted molar refractivity (Wildman–Crippen MR) is 82.6 cm³/mol. The lowest BCUT2D eigenvalue weighted by Gasteiger charge is -2.37. The Balaban J connectivity index is 1.95. The number of nitrogens with zero attached hydrogens (tertiary/aromatic N) is 1. The fourth-order valence-corrected chi connectivity index (χ4v) is 2.92. The molecule has 1 aromatic rings. The summed E-state index contributed by atoms with van der Waals surface area (Å²) in [6.45, 7) is 5.89. The fraction of sp³-hybridized carbons (Fsp3) is 0.588. The van der Waals surface area contributed by atoms with Gasteiger partial charge in [-0.1, -0.05) is 19.1 Å². The van der Waals surface area contributed by atoms with E-state index in [-0.39, 0.29) is 23.8 Å². The van der Waals surface area contributed by atoms with Crippen LogP contribution in [0.5, 0.6) is 0 Å². The third-order valence-corrected chi connectivity index (χ3v) is 4.09. The van der Waals surface area contributed by atoms with E-state index in [1.54, 1.807) is 12.1 Å². The minimum absolute atomic E-state index is 0.0330. The minimum Gasteiger partial charge on any atom is -0.338 e. The molecule has 0 aromatic heterocycles. The van der Waals surface area contributed by atoms with Crippen LogP contribution in [-0.2, 0) is 11.2 Å². The zero-order valence-corrected chi connectivity index (χ0v) is 12.9. The van der Waals surface area contributed by atoms with E-state index >= 15 is 0 Å². The smallest absolute Gasteiger partial charge is 0.239 e. The molecule has 3 nitrogen and oxygen atoms in total. The molecule has 0 aliphatic carbocycles. The van der Waals surface area contributed by atoms with E-state index in [0.29, 0.717) is 0 Å². The predicted octanol–water partition coefficient (Wildman–Crippen LogP) is 2.75. The van der Waals surface area contributed by atoms with Crippen LogP contribution in [0.3, 0.4) is 0 Å². The number of benzene rings is 1. The second kappa shape index (κ2) is 7.55. The molecule has 1 aliphatic heterocycles. The van der Waals surface area contributed by atoms with E-state index in [9.17, 15) is 9.18 Å². The molecule has 2 unspecified atom stereocenters. The molecule has 0 bridgehead atoms. The molecule has 2 rings (SSSR count). The molecule has 1 N–H and O–H groups in total. The highest BCUT2D eigenvalue weighted by atomic mass is 19.1. The summed E-state index contributed by atoms with van der Waals surface area (Å²) in [5.74, 6) is -0.00593. The van der Waals surface area contributed by atoms with Gasteiger partial charge in [-0.05, 0) is 56.8 Å². The number of rotatable bonds is 6. The number of amides is 1. The van der Waals surface area contributed by atoms with Gasteiger partial charge in [0, 0.05) is 12.6 Å². The number of carbonyl (C=O) groups excluding carboxylic acids is 1. The maximum absolute atomic E-state index is 12.9. The normalized spacial score (nSPS) is 20.6. The summed E-state index contributed by atoms with van der Waals surface area (Å²) in [6, 6.07) is 6.67. The largest absolute Gasteiger partial charge is 0.338 e. The van der Waals surface area contributed by atoms with Crippen LogP contribution in [0, 0.1) is 5.82 Å². The molecule has 1 fully saturated rings. The van der Waals surface area contributed by atoms with Gasteiger partial charge in [-0.25, -0.2) is 4.39 Å². The van der Waals surface area contributed by atoms with Crippen LogP contribution in [-0.4, -0.2) is 36.0 Å². The van der Waals surface area contributed by atoms with Crippen LogP contribution in [0.1, 0.15) is 38.7 Å². The van der Waals surface area contributed by atoms with E-state index in [2.05, 4.69) is 19.2 Å². The van der Waals surface area contributed by atoms with Crippen molar-refractivity contribution >= 4 is 5.91 Å². The standard InChI is InChI=1S/C17H25FN2O/c1-3-10-19-16-5-4-11-20(17(16)21)13(2)12-14-6-8-15(18)9-7-14/h6-9,13,16,19H,3-5,10-12H2,1-2H3. The molecule has 0 spiro atoms. The lowest BCUT2D eigenvalue weighted by Crippen LogP contribution is -2.54. The number of hydrogen-bond acceptors (Lipinski definition) is 2. The summed E-state index contributed by atoms with van der Waals surface area (Å²) in [5, 5.41) is 3.34. The Morgan fingerprint density at radius 2 is 2.10 bits per heavy atom. The molecule has 0 radical (unpaired) electrons. The summed E-state index contributed by atoms with van der Waals surface area (Å²) in [6.07, 6.45) is 3.78. The first-order chi connectivity index (χ1) is 10.1. The molecule has 1 saturated heterocycles. The molecular weight excluding hydrogens is 267 g/mol.